The fraction of sp³-hybridized carbons (Fsp3) is 0.889. The quantitative estimate of drug-likeness (QED) is 0.0883. The molecule has 0 heterocycles. The number of unbranched alkanes of at least 4 members (excludes halogenated alkanes) is 8. The number of carbonyl (C=O) groups excluding carboxylic acids is 3. The lowest BCUT2D eigenvalue weighted by Crippen LogP contribution is -2.37. The molecule has 0 aliphatic heterocycles. The first kappa shape index (κ1) is 32.9. The van der Waals surface area contributed by atoms with Crippen molar-refractivity contribution < 1.29 is 19.1 Å². The van der Waals surface area contributed by atoms with Gasteiger partial charge in [-0.3, -0.25) is 9.59 Å². The molecule has 1 amide bonds. The maximum absolute atomic E-state index is 12.7. The van der Waals surface area contributed by atoms with Gasteiger partial charge >= 0.3 is 5.97 Å². The largest absolute Gasteiger partial charge is 0.461 e. The molecule has 0 spiro atoms. The minimum atomic E-state index is -0.397. The summed E-state index contributed by atoms with van der Waals surface area (Å²) in [6.45, 7) is 11.4. The van der Waals surface area contributed by atoms with E-state index in [2.05, 4.69) is 32.6 Å². The molecule has 0 aliphatic carbocycles. The Kier molecular flexibility index (Phi) is 22.9. The van der Waals surface area contributed by atoms with E-state index < -0.39 is 5.97 Å². The summed E-state index contributed by atoms with van der Waals surface area (Å²) in [5.41, 5.74) is 0. The van der Waals surface area contributed by atoms with Gasteiger partial charge in [-0.25, -0.2) is 0 Å². The van der Waals surface area contributed by atoms with E-state index in [4.69, 9.17) is 4.74 Å². The fourth-order valence-corrected chi connectivity index (χ4v) is 4.73. The second kappa shape index (κ2) is 23.7. The summed E-state index contributed by atoms with van der Waals surface area (Å²) in [5.74, 6) is 0.281. The Labute approximate surface area is 213 Å². The monoisotopic (exact) mass is 500 g/mol. The van der Waals surface area contributed by atoms with Gasteiger partial charge in [-0.05, 0) is 51.7 Å². The second-order valence-electron chi connectivity index (χ2n) is 9.06. The van der Waals surface area contributed by atoms with E-state index in [9.17, 15) is 14.4 Å². The summed E-state index contributed by atoms with van der Waals surface area (Å²) in [6.07, 6.45) is 15.1. The maximum Gasteiger partial charge on any atom is 0.325 e. The Morgan fingerprint density at radius 3 is 1.88 bits per heavy atom. The highest BCUT2D eigenvalue weighted by atomic mass is 32.2. The third-order valence-electron chi connectivity index (χ3n) is 6.17. The number of ether oxygens (including phenoxy) is 1. The van der Waals surface area contributed by atoms with Crippen molar-refractivity contribution in [2.75, 3.05) is 38.5 Å². The minimum absolute atomic E-state index is 0.0737. The van der Waals surface area contributed by atoms with Crippen molar-refractivity contribution in [2.45, 2.75) is 117 Å². The first-order chi connectivity index (χ1) is 16.5. The molecule has 0 radical (unpaired) electrons. The number of hydrogen-bond acceptors (Lipinski definition) is 6. The van der Waals surface area contributed by atoms with E-state index in [1.54, 1.807) is 0 Å². The molecule has 200 valence electrons. The summed E-state index contributed by atoms with van der Waals surface area (Å²) < 4.78 is 5.81. The average Bonchev–Trinajstić information content (AvgIpc) is 2.83. The maximum atomic E-state index is 12.7. The predicted octanol–water partition coefficient (Wildman–Crippen LogP) is 6.71. The van der Waals surface area contributed by atoms with Gasteiger partial charge in [-0.1, -0.05) is 90.8 Å². The van der Waals surface area contributed by atoms with Crippen molar-refractivity contribution in [1.82, 2.24) is 9.80 Å². The van der Waals surface area contributed by atoms with Crippen molar-refractivity contribution >= 4 is 29.3 Å². The van der Waals surface area contributed by atoms with Crippen molar-refractivity contribution in [3.8, 4) is 0 Å². The highest BCUT2D eigenvalue weighted by Gasteiger charge is 2.21. The van der Waals surface area contributed by atoms with Crippen molar-refractivity contribution in [3.63, 3.8) is 0 Å². The van der Waals surface area contributed by atoms with Crippen LogP contribution in [0.15, 0.2) is 0 Å². The van der Waals surface area contributed by atoms with Crippen LogP contribution in [-0.4, -0.2) is 71.9 Å². The van der Waals surface area contributed by atoms with Gasteiger partial charge in [0.25, 0.3) is 5.24 Å². The van der Waals surface area contributed by atoms with E-state index >= 15 is 0 Å². The van der Waals surface area contributed by atoms with E-state index in [0.717, 1.165) is 64.6 Å². The van der Waals surface area contributed by atoms with Gasteiger partial charge in [0.15, 0.2) is 0 Å². The minimum Gasteiger partial charge on any atom is -0.461 e. The Balaban J connectivity index is 4.62. The topological polar surface area (TPSA) is 66.9 Å². The van der Waals surface area contributed by atoms with Gasteiger partial charge in [-0.15, -0.1) is 0 Å². The van der Waals surface area contributed by atoms with E-state index in [1.165, 1.54) is 55.2 Å². The zero-order valence-electron chi connectivity index (χ0n) is 22.5. The number of carbonyl (C=O) groups is 3. The third-order valence-corrected chi connectivity index (χ3v) is 7.17. The van der Waals surface area contributed by atoms with Crippen LogP contribution in [-0.2, 0) is 14.3 Å². The summed E-state index contributed by atoms with van der Waals surface area (Å²) >= 11 is 1.18. The Bertz CT molecular complexity index is 501. The Hall–Kier alpha value is -1.08. The van der Waals surface area contributed by atoms with Gasteiger partial charge < -0.3 is 19.3 Å². The number of aldehydes is 1. The molecular weight excluding hydrogens is 448 g/mol. The van der Waals surface area contributed by atoms with Crippen molar-refractivity contribution in [1.29, 1.82) is 0 Å². The zero-order chi connectivity index (χ0) is 25.4. The highest BCUT2D eigenvalue weighted by molar-refractivity contribution is 8.13. The molecule has 0 saturated carbocycles. The van der Waals surface area contributed by atoms with Crippen LogP contribution in [0.5, 0.6) is 0 Å². The molecule has 0 aromatic heterocycles. The third kappa shape index (κ3) is 18.3. The van der Waals surface area contributed by atoms with Crippen LogP contribution in [0, 0.1) is 0 Å². The van der Waals surface area contributed by atoms with Gasteiger partial charge in [0, 0.05) is 5.75 Å². The summed E-state index contributed by atoms with van der Waals surface area (Å²) in [6, 6.07) is 0. The molecule has 0 atom stereocenters. The summed E-state index contributed by atoms with van der Waals surface area (Å²) in [4.78, 5) is 40.0. The van der Waals surface area contributed by atoms with Crippen molar-refractivity contribution in [3.05, 3.63) is 0 Å². The number of esters is 1. The lowest BCUT2D eigenvalue weighted by molar-refractivity contribution is -0.150. The first-order valence-electron chi connectivity index (χ1n) is 13.8. The zero-order valence-corrected chi connectivity index (χ0v) is 23.3. The predicted molar refractivity (Wildman–Crippen MR) is 145 cm³/mol. The molecule has 0 bridgehead atoms. The molecule has 0 N–H and O–H groups in total. The van der Waals surface area contributed by atoms with Crippen LogP contribution in [0.3, 0.4) is 0 Å². The second-order valence-corrected chi connectivity index (χ2v) is 10.1. The number of rotatable bonds is 23. The van der Waals surface area contributed by atoms with E-state index in [1.807, 2.05) is 0 Å². The van der Waals surface area contributed by atoms with E-state index in [0.29, 0.717) is 12.0 Å². The average molecular weight is 501 g/mol. The number of thioether (sulfide) groups is 1. The molecule has 0 rings (SSSR count). The standard InChI is InChI=1S/C27H52N2O4S/c1-5-9-11-13-15-18-25(19-16-14-12-10-6-2)33-26(31)24-29(21-22-30)27(32)34-23-17-20-28(7-3)8-4/h22,25H,5-21,23-24H2,1-4H3. The first-order valence-corrected chi connectivity index (χ1v) is 14.8. The molecule has 0 unspecified atom stereocenters. The molecular formula is C27H52N2O4S. The van der Waals surface area contributed by atoms with Crippen LogP contribution in [0.25, 0.3) is 0 Å². The summed E-state index contributed by atoms with van der Waals surface area (Å²) in [7, 11) is 0. The molecule has 34 heavy (non-hydrogen) atoms. The molecule has 0 aromatic carbocycles. The Morgan fingerprint density at radius 2 is 1.38 bits per heavy atom. The molecule has 0 aliphatic rings. The Morgan fingerprint density at radius 1 is 0.824 bits per heavy atom. The van der Waals surface area contributed by atoms with Crippen LogP contribution < -0.4 is 0 Å². The summed E-state index contributed by atoms with van der Waals surface area (Å²) in [5, 5.41) is -0.223. The van der Waals surface area contributed by atoms with Gasteiger partial charge in [-0.2, -0.15) is 0 Å². The lowest BCUT2D eigenvalue weighted by atomic mass is 10.0. The van der Waals surface area contributed by atoms with Crippen molar-refractivity contribution in [2.24, 2.45) is 0 Å². The van der Waals surface area contributed by atoms with Gasteiger partial charge in [0.2, 0.25) is 0 Å². The molecule has 0 fully saturated rings. The number of amides is 1. The normalized spacial score (nSPS) is 11.2. The molecule has 0 aromatic rings. The fourth-order valence-electron chi connectivity index (χ4n) is 3.96. The lowest BCUT2D eigenvalue weighted by Gasteiger charge is -2.22. The number of nitrogens with zero attached hydrogens (tertiary/aromatic N) is 2. The van der Waals surface area contributed by atoms with Gasteiger partial charge in [0.1, 0.15) is 18.9 Å². The van der Waals surface area contributed by atoms with Crippen LogP contribution in [0.1, 0.15) is 111 Å². The van der Waals surface area contributed by atoms with Crippen LogP contribution >= 0.6 is 11.8 Å². The molecule has 6 nitrogen and oxygen atoms in total. The van der Waals surface area contributed by atoms with E-state index in [-0.39, 0.29) is 24.4 Å². The van der Waals surface area contributed by atoms with Crippen LogP contribution in [0.4, 0.5) is 4.79 Å². The van der Waals surface area contributed by atoms with Gasteiger partial charge in [0.05, 0.1) is 6.54 Å². The highest BCUT2D eigenvalue weighted by Crippen LogP contribution is 2.17. The smallest absolute Gasteiger partial charge is 0.325 e. The molecule has 7 heteroatoms. The molecule has 0 saturated heterocycles. The number of hydrogen-bond donors (Lipinski definition) is 0. The van der Waals surface area contributed by atoms with Crippen LogP contribution in [0.2, 0.25) is 0 Å². The SMILES string of the molecule is CCCCCCCC(CCCCCCC)OC(=O)CN(CC=O)C(=O)SCCCN(CC)CC.